The fourth-order valence-electron chi connectivity index (χ4n) is 3.05. The second-order valence-corrected chi connectivity index (χ2v) is 6.39. The summed E-state index contributed by atoms with van der Waals surface area (Å²) in [5.74, 6) is -0.416. The molecular weight excluding hydrogens is 325 g/mol. The van der Waals surface area contributed by atoms with Crippen LogP contribution in [0.4, 0.5) is 4.39 Å². The number of ether oxygens (including phenoxy) is 1. The van der Waals surface area contributed by atoms with E-state index in [1.165, 1.54) is 6.07 Å². The van der Waals surface area contributed by atoms with Crippen LogP contribution in [0.2, 0.25) is 0 Å². The predicted molar refractivity (Wildman–Crippen MR) is 93.8 cm³/mol. The van der Waals surface area contributed by atoms with Gasteiger partial charge < -0.3 is 14.7 Å². The Morgan fingerprint density at radius 1 is 1.24 bits per heavy atom. The highest BCUT2D eigenvalue weighted by atomic mass is 19.1. The Labute approximate surface area is 148 Å². The smallest absolute Gasteiger partial charge is 0.244 e. The molecule has 1 fully saturated rings. The van der Waals surface area contributed by atoms with E-state index in [9.17, 15) is 9.18 Å². The van der Waals surface area contributed by atoms with Crippen molar-refractivity contribution in [3.05, 3.63) is 35.6 Å². The molecule has 6 nitrogen and oxygen atoms in total. The number of carbonyl (C=O) groups excluding carboxylic acids is 1. The zero-order valence-electron chi connectivity index (χ0n) is 15.0. The highest BCUT2D eigenvalue weighted by Crippen LogP contribution is 2.24. The molecule has 1 heterocycles. The molecule has 1 aromatic rings. The molecule has 140 valence electrons. The van der Waals surface area contributed by atoms with Crippen molar-refractivity contribution in [3.8, 4) is 0 Å². The summed E-state index contributed by atoms with van der Waals surface area (Å²) in [5.41, 5.74) is 0.414. The number of aliphatic hydroxyl groups is 1. The van der Waals surface area contributed by atoms with Crippen molar-refractivity contribution in [1.29, 1.82) is 0 Å². The molecule has 0 aromatic heterocycles. The van der Waals surface area contributed by atoms with Crippen molar-refractivity contribution >= 4 is 5.91 Å². The first-order valence-electron chi connectivity index (χ1n) is 8.65. The molecule has 1 atom stereocenters. The molecule has 1 amide bonds. The van der Waals surface area contributed by atoms with E-state index in [-0.39, 0.29) is 18.3 Å². The molecule has 1 unspecified atom stereocenters. The van der Waals surface area contributed by atoms with Crippen LogP contribution in [0.25, 0.3) is 0 Å². The van der Waals surface area contributed by atoms with Gasteiger partial charge in [0.05, 0.1) is 19.8 Å². The second-order valence-electron chi connectivity index (χ2n) is 6.39. The zero-order valence-corrected chi connectivity index (χ0v) is 15.0. The number of hydrogen-bond donors (Lipinski definition) is 1. The van der Waals surface area contributed by atoms with Gasteiger partial charge in [0, 0.05) is 38.3 Å². The molecule has 0 aliphatic carbocycles. The molecule has 0 spiro atoms. The maximum Gasteiger partial charge on any atom is 0.244 e. The van der Waals surface area contributed by atoms with Gasteiger partial charge in [0.1, 0.15) is 11.9 Å². The van der Waals surface area contributed by atoms with E-state index in [2.05, 4.69) is 4.90 Å². The summed E-state index contributed by atoms with van der Waals surface area (Å²) in [5, 5.41) is 8.70. The normalized spacial score (nSPS) is 17.1. The quantitative estimate of drug-likeness (QED) is 0.693. The summed E-state index contributed by atoms with van der Waals surface area (Å²) >= 11 is 0. The third-order valence-corrected chi connectivity index (χ3v) is 4.42. The Hall–Kier alpha value is -1.54. The monoisotopic (exact) mass is 353 g/mol. The van der Waals surface area contributed by atoms with Crippen molar-refractivity contribution in [2.75, 3.05) is 66.6 Å². The van der Waals surface area contributed by atoms with Crippen LogP contribution < -0.4 is 0 Å². The number of halogens is 1. The van der Waals surface area contributed by atoms with E-state index in [0.717, 1.165) is 19.6 Å². The van der Waals surface area contributed by atoms with Gasteiger partial charge in [0.2, 0.25) is 5.91 Å². The molecule has 1 aromatic carbocycles. The largest absolute Gasteiger partial charge is 0.394 e. The summed E-state index contributed by atoms with van der Waals surface area (Å²) in [4.78, 5) is 18.7. The fraction of sp³-hybridized carbons (Fsp3) is 0.611. The Bertz CT molecular complexity index is 548. The lowest BCUT2D eigenvalue weighted by Gasteiger charge is -2.37. The van der Waals surface area contributed by atoms with E-state index in [1.807, 2.05) is 4.90 Å². The number of rotatable bonds is 8. The highest BCUT2D eigenvalue weighted by molar-refractivity contribution is 5.83. The van der Waals surface area contributed by atoms with E-state index in [4.69, 9.17) is 9.84 Å². The maximum absolute atomic E-state index is 14.2. The first-order valence-corrected chi connectivity index (χ1v) is 8.65. The van der Waals surface area contributed by atoms with Gasteiger partial charge in [0.25, 0.3) is 0 Å². The third kappa shape index (κ3) is 5.47. The number of nitrogens with zero attached hydrogens (tertiary/aromatic N) is 3. The van der Waals surface area contributed by atoms with Crippen LogP contribution in [-0.4, -0.2) is 92.4 Å². The summed E-state index contributed by atoms with van der Waals surface area (Å²) in [7, 11) is 3.59. The molecule has 7 heteroatoms. The standard InChI is InChI=1S/C18H28FN3O3/c1-20(2)17(15-5-3-4-6-16(15)19)18(24)22-9-7-21(8-10-22)11-13-25-14-12-23/h3-6,17,23H,7-14H2,1-2H3. The summed E-state index contributed by atoms with van der Waals surface area (Å²) < 4.78 is 19.4. The summed E-state index contributed by atoms with van der Waals surface area (Å²) in [6.07, 6.45) is 0. The molecule has 1 aliphatic rings. The van der Waals surface area contributed by atoms with Crippen LogP contribution in [0, 0.1) is 5.82 Å². The minimum atomic E-state index is -0.611. The van der Waals surface area contributed by atoms with E-state index < -0.39 is 6.04 Å². The molecule has 1 saturated heterocycles. The van der Waals surface area contributed by atoms with Crippen LogP contribution in [0.1, 0.15) is 11.6 Å². The van der Waals surface area contributed by atoms with Gasteiger partial charge in [-0.05, 0) is 20.2 Å². The first-order chi connectivity index (χ1) is 12.0. The van der Waals surface area contributed by atoms with Crippen LogP contribution in [0.3, 0.4) is 0 Å². The van der Waals surface area contributed by atoms with Gasteiger partial charge in [-0.1, -0.05) is 18.2 Å². The number of piperazine rings is 1. The molecule has 0 saturated carbocycles. The molecule has 25 heavy (non-hydrogen) atoms. The lowest BCUT2D eigenvalue weighted by atomic mass is 10.0. The maximum atomic E-state index is 14.2. The molecule has 1 N–H and O–H groups in total. The highest BCUT2D eigenvalue weighted by Gasteiger charge is 2.31. The van der Waals surface area contributed by atoms with Gasteiger partial charge in [-0.25, -0.2) is 4.39 Å². The van der Waals surface area contributed by atoms with Gasteiger partial charge in [-0.3, -0.25) is 14.6 Å². The number of aliphatic hydroxyl groups excluding tert-OH is 1. The molecular formula is C18H28FN3O3. The van der Waals surface area contributed by atoms with Crippen LogP contribution in [-0.2, 0) is 9.53 Å². The number of hydrogen-bond acceptors (Lipinski definition) is 5. The van der Waals surface area contributed by atoms with Crippen molar-refractivity contribution < 1.29 is 19.0 Å². The predicted octanol–water partition coefficient (Wildman–Crippen LogP) is 0.582. The number of amides is 1. The van der Waals surface area contributed by atoms with Gasteiger partial charge in [-0.2, -0.15) is 0 Å². The van der Waals surface area contributed by atoms with Gasteiger partial charge in [-0.15, -0.1) is 0 Å². The average molecular weight is 353 g/mol. The fourth-order valence-corrected chi connectivity index (χ4v) is 3.05. The molecule has 1 aliphatic heterocycles. The Morgan fingerprint density at radius 2 is 1.92 bits per heavy atom. The van der Waals surface area contributed by atoms with Crippen molar-refractivity contribution in [2.24, 2.45) is 0 Å². The lowest BCUT2D eigenvalue weighted by Crippen LogP contribution is -2.52. The van der Waals surface area contributed by atoms with E-state index >= 15 is 0 Å². The third-order valence-electron chi connectivity index (χ3n) is 4.42. The Kier molecular flexibility index (Phi) is 7.77. The van der Waals surface area contributed by atoms with Crippen LogP contribution >= 0.6 is 0 Å². The van der Waals surface area contributed by atoms with Crippen LogP contribution in [0.15, 0.2) is 24.3 Å². The lowest BCUT2D eigenvalue weighted by molar-refractivity contribution is -0.138. The first kappa shape index (κ1) is 19.8. The minimum absolute atomic E-state index is 0.0320. The minimum Gasteiger partial charge on any atom is -0.394 e. The summed E-state index contributed by atoms with van der Waals surface area (Å²) in [6, 6.07) is 5.84. The Morgan fingerprint density at radius 3 is 2.52 bits per heavy atom. The summed E-state index contributed by atoms with van der Waals surface area (Å²) in [6.45, 7) is 4.53. The van der Waals surface area contributed by atoms with E-state index in [1.54, 1.807) is 37.2 Å². The molecule has 0 radical (unpaired) electrons. The topological polar surface area (TPSA) is 56.3 Å². The van der Waals surface area contributed by atoms with Gasteiger partial charge in [0.15, 0.2) is 0 Å². The average Bonchev–Trinajstić information content (AvgIpc) is 2.61. The van der Waals surface area contributed by atoms with Crippen molar-refractivity contribution in [2.45, 2.75) is 6.04 Å². The Balaban J connectivity index is 1.92. The molecule has 0 bridgehead atoms. The number of carbonyl (C=O) groups is 1. The molecule has 2 rings (SSSR count). The van der Waals surface area contributed by atoms with Crippen LogP contribution in [0.5, 0.6) is 0 Å². The van der Waals surface area contributed by atoms with Gasteiger partial charge >= 0.3 is 0 Å². The van der Waals surface area contributed by atoms with Crippen molar-refractivity contribution in [1.82, 2.24) is 14.7 Å². The number of likely N-dealkylation sites (N-methyl/N-ethyl adjacent to an activating group) is 1. The van der Waals surface area contributed by atoms with Crippen molar-refractivity contribution in [3.63, 3.8) is 0 Å². The van der Waals surface area contributed by atoms with E-state index in [0.29, 0.717) is 31.9 Å². The number of benzene rings is 1. The zero-order chi connectivity index (χ0) is 18.2. The SMILES string of the molecule is CN(C)C(C(=O)N1CCN(CCOCCO)CC1)c1ccccc1F. The second kappa shape index (κ2) is 9.82.